The van der Waals surface area contributed by atoms with Gasteiger partial charge in [-0.25, -0.2) is 0 Å². The van der Waals surface area contributed by atoms with E-state index < -0.39 is 0 Å². The van der Waals surface area contributed by atoms with Crippen molar-refractivity contribution < 1.29 is 4.79 Å². The van der Waals surface area contributed by atoms with E-state index in [0.29, 0.717) is 5.92 Å². The van der Waals surface area contributed by atoms with Crippen molar-refractivity contribution in [1.29, 1.82) is 0 Å². The molecule has 4 heteroatoms. The van der Waals surface area contributed by atoms with Gasteiger partial charge in [0.1, 0.15) is 0 Å². The summed E-state index contributed by atoms with van der Waals surface area (Å²) < 4.78 is 4.15. The molecule has 2 rings (SSSR count). The van der Waals surface area contributed by atoms with Crippen molar-refractivity contribution in [3.05, 3.63) is 16.6 Å². The van der Waals surface area contributed by atoms with Crippen LogP contribution < -0.4 is 5.32 Å². The molecule has 2 atom stereocenters. The summed E-state index contributed by atoms with van der Waals surface area (Å²) in [7, 11) is 0. The van der Waals surface area contributed by atoms with Crippen LogP contribution in [0.3, 0.4) is 0 Å². The quantitative estimate of drug-likeness (QED) is 0.780. The van der Waals surface area contributed by atoms with Crippen LogP contribution in [0.4, 0.5) is 0 Å². The Kier molecular flexibility index (Phi) is 3.17. The third-order valence-corrected chi connectivity index (χ3v) is 3.71. The second kappa shape index (κ2) is 4.41. The molecular formula is C11H16N2OS. The number of carbonyl (C=O) groups is 1. The number of aromatic nitrogens is 1. The van der Waals surface area contributed by atoms with Crippen molar-refractivity contribution in [3.8, 4) is 0 Å². The summed E-state index contributed by atoms with van der Waals surface area (Å²) in [6, 6.07) is 1.90. The average Bonchev–Trinajstić information content (AvgIpc) is 2.64. The van der Waals surface area contributed by atoms with Gasteiger partial charge in [0.2, 0.25) is 0 Å². The van der Waals surface area contributed by atoms with Gasteiger partial charge < -0.3 is 5.32 Å². The minimum atomic E-state index is 0.147. The molecule has 15 heavy (non-hydrogen) atoms. The van der Waals surface area contributed by atoms with Gasteiger partial charge in [0.15, 0.2) is 5.78 Å². The SMILES string of the molecule is Cc1cc(C(=O)C2CNCC(C)C2)sn1. The van der Waals surface area contributed by atoms with Gasteiger partial charge in [0.25, 0.3) is 0 Å². The molecule has 0 amide bonds. The number of nitrogens with one attached hydrogen (secondary N) is 1. The van der Waals surface area contributed by atoms with Crippen LogP contribution in [0.2, 0.25) is 0 Å². The van der Waals surface area contributed by atoms with E-state index in [1.807, 2.05) is 13.0 Å². The number of aryl methyl sites for hydroxylation is 1. The highest BCUT2D eigenvalue weighted by Crippen LogP contribution is 2.22. The third-order valence-electron chi connectivity index (χ3n) is 2.81. The molecule has 1 N–H and O–H groups in total. The van der Waals surface area contributed by atoms with Gasteiger partial charge in [-0.3, -0.25) is 4.79 Å². The number of piperidine rings is 1. The number of nitrogens with zero attached hydrogens (tertiary/aromatic N) is 1. The monoisotopic (exact) mass is 224 g/mol. The topological polar surface area (TPSA) is 42.0 Å². The maximum atomic E-state index is 12.1. The Morgan fingerprint density at radius 3 is 3.00 bits per heavy atom. The molecular weight excluding hydrogens is 208 g/mol. The number of hydrogen-bond donors (Lipinski definition) is 1. The van der Waals surface area contributed by atoms with Crippen molar-refractivity contribution in [2.75, 3.05) is 13.1 Å². The third kappa shape index (κ3) is 2.44. The molecule has 82 valence electrons. The summed E-state index contributed by atoms with van der Waals surface area (Å²) in [5.41, 5.74) is 0.945. The lowest BCUT2D eigenvalue weighted by Crippen LogP contribution is -2.38. The smallest absolute Gasteiger partial charge is 0.178 e. The zero-order valence-corrected chi connectivity index (χ0v) is 9.93. The molecule has 1 aliphatic heterocycles. The van der Waals surface area contributed by atoms with Gasteiger partial charge in [0, 0.05) is 12.5 Å². The summed E-state index contributed by atoms with van der Waals surface area (Å²) in [6.07, 6.45) is 1.00. The molecule has 2 heterocycles. The number of Topliss-reactive ketones (excluding diaryl/α,β-unsaturated/α-hetero) is 1. The molecule has 0 saturated carbocycles. The zero-order chi connectivity index (χ0) is 10.8. The molecule has 1 aromatic heterocycles. The van der Waals surface area contributed by atoms with Crippen molar-refractivity contribution in [2.24, 2.45) is 11.8 Å². The number of carbonyl (C=O) groups excluding carboxylic acids is 1. The van der Waals surface area contributed by atoms with Crippen molar-refractivity contribution in [3.63, 3.8) is 0 Å². The van der Waals surface area contributed by atoms with Crippen LogP contribution in [0.1, 0.15) is 28.7 Å². The van der Waals surface area contributed by atoms with Crippen LogP contribution >= 0.6 is 11.5 Å². The van der Waals surface area contributed by atoms with E-state index in [1.165, 1.54) is 11.5 Å². The van der Waals surface area contributed by atoms with E-state index in [2.05, 4.69) is 16.6 Å². The van der Waals surface area contributed by atoms with Crippen LogP contribution in [0.5, 0.6) is 0 Å². The Labute approximate surface area is 94.1 Å². The Balaban J connectivity index is 2.07. The standard InChI is InChI=1S/C11H16N2OS/c1-7-3-9(6-12-5-7)11(14)10-4-8(2)13-15-10/h4,7,9,12H,3,5-6H2,1-2H3. The summed E-state index contributed by atoms with van der Waals surface area (Å²) in [4.78, 5) is 12.9. The summed E-state index contributed by atoms with van der Waals surface area (Å²) >= 11 is 1.33. The number of ketones is 1. The Bertz CT molecular complexity index is 361. The van der Waals surface area contributed by atoms with Crippen LogP contribution in [0.15, 0.2) is 6.07 Å². The van der Waals surface area contributed by atoms with E-state index in [1.54, 1.807) is 0 Å². The molecule has 1 saturated heterocycles. The average molecular weight is 224 g/mol. The number of rotatable bonds is 2. The summed E-state index contributed by atoms with van der Waals surface area (Å²) in [5, 5.41) is 3.31. The second-order valence-electron chi connectivity index (χ2n) is 4.39. The van der Waals surface area contributed by atoms with Crippen LogP contribution in [-0.2, 0) is 0 Å². The highest BCUT2D eigenvalue weighted by atomic mass is 32.1. The lowest BCUT2D eigenvalue weighted by molar-refractivity contribution is 0.0886. The van der Waals surface area contributed by atoms with Crippen LogP contribution in [0.25, 0.3) is 0 Å². The van der Waals surface area contributed by atoms with Crippen molar-refractivity contribution in [1.82, 2.24) is 9.69 Å². The summed E-state index contributed by atoms with van der Waals surface area (Å²) in [6.45, 7) is 5.96. The van der Waals surface area contributed by atoms with Crippen molar-refractivity contribution in [2.45, 2.75) is 20.3 Å². The number of hydrogen-bond acceptors (Lipinski definition) is 4. The summed E-state index contributed by atoms with van der Waals surface area (Å²) in [5.74, 6) is 1.01. The van der Waals surface area contributed by atoms with E-state index in [0.717, 1.165) is 30.1 Å². The maximum Gasteiger partial charge on any atom is 0.178 e. The Morgan fingerprint density at radius 2 is 2.40 bits per heavy atom. The Morgan fingerprint density at radius 1 is 1.60 bits per heavy atom. The van der Waals surface area contributed by atoms with Gasteiger partial charge in [-0.05, 0) is 43.4 Å². The largest absolute Gasteiger partial charge is 0.316 e. The minimum Gasteiger partial charge on any atom is -0.316 e. The molecule has 2 unspecified atom stereocenters. The van der Waals surface area contributed by atoms with Gasteiger partial charge in [-0.2, -0.15) is 4.37 Å². The first-order valence-corrected chi connectivity index (χ1v) is 6.12. The zero-order valence-electron chi connectivity index (χ0n) is 9.12. The van der Waals surface area contributed by atoms with Crippen LogP contribution in [0, 0.1) is 18.8 Å². The Hall–Kier alpha value is -0.740. The first-order chi connectivity index (χ1) is 7.16. The molecule has 1 fully saturated rings. The normalized spacial score (nSPS) is 26.5. The molecule has 0 bridgehead atoms. The van der Waals surface area contributed by atoms with Gasteiger partial charge in [-0.15, -0.1) is 0 Å². The molecule has 0 spiro atoms. The van der Waals surface area contributed by atoms with E-state index >= 15 is 0 Å². The van der Waals surface area contributed by atoms with Gasteiger partial charge in [0.05, 0.1) is 10.6 Å². The highest BCUT2D eigenvalue weighted by Gasteiger charge is 2.26. The van der Waals surface area contributed by atoms with E-state index in [-0.39, 0.29) is 11.7 Å². The van der Waals surface area contributed by atoms with Crippen LogP contribution in [-0.4, -0.2) is 23.2 Å². The van der Waals surface area contributed by atoms with Crippen molar-refractivity contribution >= 4 is 17.3 Å². The molecule has 0 radical (unpaired) electrons. The molecule has 3 nitrogen and oxygen atoms in total. The molecule has 0 aromatic carbocycles. The lowest BCUT2D eigenvalue weighted by atomic mass is 9.88. The lowest BCUT2D eigenvalue weighted by Gasteiger charge is -2.26. The fourth-order valence-electron chi connectivity index (χ4n) is 2.04. The minimum absolute atomic E-state index is 0.147. The van der Waals surface area contributed by atoms with Gasteiger partial charge >= 0.3 is 0 Å². The molecule has 0 aliphatic carbocycles. The fraction of sp³-hybridized carbons (Fsp3) is 0.636. The predicted molar refractivity (Wildman–Crippen MR) is 61.3 cm³/mol. The first kappa shape index (κ1) is 10.8. The van der Waals surface area contributed by atoms with E-state index in [9.17, 15) is 4.79 Å². The molecule has 1 aliphatic rings. The van der Waals surface area contributed by atoms with Gasteiger partial charge in [-0.1, -0.05) is 6.92 Å². The predicted octanol–water partition coefficient (Wildman–Crippen LogP) is 1.88. The first-order valence-electron chi connectivity index (χ1n) is 5.35. The molecule has 1 aromatic rings. The second-order valence-corrected chi connectivity index (χ2v) is 5.20. The fourth-order valence-corrected chi connectivity index (χ4v) is 2.81. The van der Waals surface area contributed by atoms with E-state index in [4.69, 9.17) is 0 Å². The highest BCUT2D eigenvalue weighted by molar-refractivity contribution is 7.08. The maximum absolute atomic E-state index is 12.1.